The lowest BCUT2D eigenvalue weighted by Gasteiger charge is -2.05. The van der Waals surface area contributed by atoms with Crippen molar-refractivity contribution in [2.45, 2.75) is 6.92 Å². The summed E-state index contributed by atoms with van der Waals surface area (Å²) >= 11 is 0. The summed E-state index contributed by atoms with van der Waals surface area (Å²) in [6, 6.07) is 4.48. The number of nitrogens with one attached hydrogen (secondary N) is 1. The maximum absolute atomic E-state index is 11.8. The minimum absolute atomic E-state index is 0.0263. The van der Waals surface area contributed by atoms with Crippen LogP contribution in [0.1, 0.15) is 26.7 Å². The summed E-state index contributed by atoms with van der Waals surface area (Å²) in [5.41, 5.74) is 0.102. The molecule has 6 nitrogen and oxygen atoms in total. The molecular formula is C12H10N2O4. The number of hydrogen-bond donors (Lipinski definition) is 2. The third kappa shape index (κ3) is 2.37. The summed E-state index contributed by atoms with van der Waals surface area (Å²) in [5, 5.41) is 11.4. The Balaban J connectivity index is 2.24. The van der Waals surface area contributed by atoms with Crippen LogP contribution in [0.5, 0.6) is 0 Å². The molecule has 2 heterocycles. The fraction of sp³-hybridized carbons (Fsp3) is 0.0833. The fourth-order valence-corrected chi connectivity index (χ4v) is 1.42. The van der Waals surface area contributed by atoms with Gasteiger partial charge in [-0.25, -0.2) is 4.79 Å². The van der Waals surface area contributed by atoms with Crippen LogP contribution in [0.15, 0.2) is 35.0 Å². The Labute approximate surface area is 102 Å². The van der Waals surface area contributed by atoms with Crippen molar-refractivity contribution < 1.29 is 19.1 Å². The Morgan fingerprint density at radius 1 is 1.33 bits per heavy atom. The first-order valence-electron chi connectivity index (χ1n) is 5.13. The lowest BCUT2D eigenvalue weighted by Crippen LogP contribution is -2.14. The largest absolute Gasteiger partial charge is 0.478 e. The van der Waals surface area contributed by atoms with Gasteiger partial charge in [-0.3, -0.25) is 9.78 Å². The van der Waals surface area contributed by atoms with Gasteiger partial charge in [0.25, 0.3) is 5.91 Å². The Kier molecular flexibility index (Phi) is 3.09. The van der Waals surface area contributed by atoms with Gasteiger partial charge in [0.1, 0.15) is 5.76 Å². The summed E-state index contributed by atoms with van der Waals surface area (Å²) in [5.74, 6) is -0.931. The first-order valence-corrected chi connectivity index (χ1v) is 5.13. The summed E-state index contributed by atoms with van der Waals surface area (Å²) < 4.78 is 5.14. The van der Waals surface area contributed by atoms with Gasteiger partial charge >= 0.3 is 5.97 Å². The highest BCUT2D eigenvalue weighted by Crippen LogP contribution is 2.15. The van der Waals surface area contributed by atoms with Crippen LogP contribution in [0.25, 0.3) is 0 Å². The van der Waals surface area contributed by atoms with E-state index in [2.05, 4.69) is 10.3 Å². The number of carboxylic acids is 1. The van der Waals surface area contributed by atoms with Crippen LogP contribution < -0.4 is 5.32 Å². The molecule has 0 saturated carbocycles. The zero-order valence-electron chi connectivity index (χ0n) is 9.51. The number of nitrogens with zero attached hydrogens (tertiary/aromatic N) is 1. The Bertz CT molecular complexity index is 604. The molecule has 0 aliphatic heterocycles. The number of rotatable bonds is 3. The van der Waals surface area contributed by atoms with E-state index >= 15 is 0 Å². The predicted octanol–water partition coefficient (Wildman–Crippen LogP) is 1.93. The Morgan fingerprint density at radius 2 is 2.11 bits per heavy atom. The lowest BCUT2D eigenvalue weighted by molar-refractivity contribution is 0.0698. The van der Waals surface area contributed by atoms with E-state index in [1.165, 1.54) is 24.5 Å². The standard InChI is InChI=1S/C12H10N2O4/c1-7-2-3-10(18-7)11(15)14-9-6-13-5-4-8(9)12(16)17/h2-6H,1H3,(H,14,15)(H,16,17). The lowest BCUT2D eigenvalue weighted by atomic mass is 10.2. The average Bonchev–Trinajstić information content (AvgIpc) is 2.76. The van der Waals surface area contributed by atoms with E-state index in [9.17, 15) is 9.59 Å². The molecule has 0 aliphatic carbocycles. The third-order valence-electron chi connectivity index (χ3n) is 2.26. The maximum Gasteiger partial charge on any atom is 0.337 e. The normalized spacial score (nSPS) is 10.1. The van der Waals surface area contributed by atoms with Gasteiger partial charge in [0, 0.05) is 6.20 Å². The van der Waals surface area contributed by atoms with E-state index in [4.69, 9.17) is 9.52 Å². The van der Waals surface area contributed by atoms with Gasteiger partial charge in [-0.1, -0.05) is 0 Å². The van der Waals surface area contributed by atoms with E-state index < -0.39 is 11.9 Å². The van der Waals surface area contributed by atoms with Gasteiger partial charge in [0.15, 0.2) is 5.76 Å². The maximum atomic E-state index is 11.8. The molecule has 2 N–H and O–H groups in total. The molecule has 0 spiro atoms. The van der Waals surface area contributed by atoms with Crippen molar-refractivity contribution in [1.29, 1.82) is 0 Å². The number of aryl methyl sites for hydroxylation is 1. The molecule has 0 radical (unpaired) electrons. The van der Waals surface area contributed by atoms with Crippen molar-refractivity contribution in [1.82, 2.24) is 4.98 Å². The van der Waals surface area contributed by atoms with Gasteiger partial charge in [-0.2, -0.15) is 0 Å². The number of carboxylic acid groups (broad SMARTS) is 1. The minimum atomic E-state index is -1.14. The van der Waals surface area contributed by atoms with E-state index in [1.54, 1.807) is 13.0 Å². The number of anilines is 1. The number of furan rings is 1. The number of aromatic nitrogens is 1. The van der Waals surface area contributed by atoms with Crippen LogP contribution in [0.3, 0.4) is 0 Å². The number of aromatic carboxylic acids is 1. The number of amides is 1. The summed E-state index contributed by atoms with van der Waals surface area (Å²) in [7, 11) is 0. The number of hydrogen-bond acceptors (Lipinski definition) is 4. The fourth-order valence-electron chi connectivity index (χ4n) is 1.42. The predicted molar refractivity (Wildman–Crippen MR) is 62.6 cm³/mol. The molecule has 18 heavy (non-hydrogen) atoms. The zero-order valence-corrected chi connectivity index (χ0v) is 9.51. The summed E-state index contributed by atoms with van der Waals surface area (Å²) in [6.07, 6.45) is 2.62. The molecule has 1 amide bonds. The molecule has 2 aromatic heterocycles. The average molecular weight is 246 g/mol. The molecule has 2 aromatic rings. The highest BCUT2D eigenvalue weighted by molar-refractivity contribution is 6.06. The Hall–Kier alpha value is -2.63. The second kappa shape index (κ2) is 4.70. The summed E-state index contributed by atoms with van der Waals surface area (Å²) in [4.78, 5) is 26.5. The van der Waals surface area contributed by atoms with Gasteiger partial charge < -0.3 is 14.8 Å². The second-order valence-electron chi connectivity index (χ2n) is 3.59. The van der Waals surface area contributed by atoms with Crippen LogP contribution in [-0.2, 0) is 0 Å². The number of carbonyl (C=O) groups is 2. The molecular weight excluding hydrogens is 236 g/mol. The molecule has 6 heteroatoms. The van der Waals surface area contributed by atoms with Crippen molar-refractivity contribution in [2.24, 2.45) is 0 Å². The minimum Gasteiger partial charge on any atom is -0.478 e. The number of carbonyl (C=O) groups excluding carboxylic acids is 1. The highest BCUT2D eigenvalue weighted by atomic mass is 16.4. The van der Waals surface area contributed by atoms with Crippen molar-refractivity contribution in [2.75, 3.05) is 5.32 Å². The molecule has 2 rings (SSSR count). The van der Waals surface area contributed by atoms with E-state index in [0.717, 1.165) is 0 Å². The zero-order chi connectivity index (χ0) is 13.1. The number of pyridine rings is 1. The molecule has 0 bridgehead atoms. The molecule has 0 saturated heterocycles. The van der Waals surface area contributed by atoms with Crippen molar-refractivity contribution >= 4 is 17.6 Å². The summed E-state index contributed by atoms with van der Waals surface area (Å²) in [6.45, 7) is 1.71. The van der Waals surface area contributed by atoms with Crippen molar-refractivity contribution in [3.63, 3.8) is 0 Å². The quantitative estimate of drug-likeness (QED) is 0.863. The van der Waals surface area contributed by atoms with Gasteiger partial charge in [0.05, 0.1) is 17.4 Å². The van der Waals surface area contributed by atoms with Crippen LogP contribution in [0.2, 0.25) is 0 Å². The van der Waals surface area contributed by atoms with Gasteiger partial charge in [0.2, 0.25) is 0 Å². The molecule has 92 valence electrons. The van der Waals surface area contributed by atoms with Crippen LogP contribution >= 0.6 is 0 Å². The topological polar surface area (TPSA) is 92.4 Å². The third-order valence-corrected chi connectivity index (χ3v) is 2.26. The van der Waals surface area contributed by atoms with E-state index in [1.807, 2.05) is 0 Å². The smallest absolute Gasteiger partial charge is 0.337 e. The van der Waals surface area contributed by atoms with E-state index in [-0.39, 0.29) is 17.0 Å². The molecule has 0 atom stereocenters. The van der Waals surface area contributed by atoms with Crippen molar-refractivity contribution in [3.8, 4) is 0 Å². The van der Waals surface area contributed by atoms with Gasteiger partial charge in [-0.05, 0) is 25.1 Å². The second-order valence-corrected chi connectivity index (χ2v) is 3.59. The monoisotopic (exact) mass is 246 g/mol. The van der Waals surface area contributed by atoms with Crippen LogP contribution in [0, 0.1) is 6.92 Å². The molecule has 0 aromatic carbocycles. The van der Waals surface area contributed by atoms with Crippen LogP contribution in [0.4, 0.5) is 5.69 Å². The van der Waals surface area contributed by atoms with E-state index in [0.29, 0.717) is 5.76 Å². The highest BCUT2D eigenvalue weighted by Gasteiger charge is 2.15. The molecule has 0 unspecified atom stereocenters. The van der Waals surface area contributed by atoms with Gasteiger partial charge in [-0.15, -0.1) is 0 Å². The SMILES string of the molecule is Cc1ccc(C(=O)Nc2cnccc2C(=O)O)o1. The van der Waals surface area contributed by atoms with Crippen molar-refractivity contribution in [3.05, 3.63) is 47.7 Å². The molecule has 0 aliphatic rings. The first kappa shape index (κ1) is 11.8. The first-order chi connectivity index (χ1) is 8.58. The molecule has 0 fully saturated rings. The van der Waals surface area contributed by atoms with Crippen LogP contribution in [-0.4, -0.2) is 22.0 Å². The Morgan fingerprint density at radius 3 is 2.72 bits per heavy atom.